The van der Waals surface area contributed by atoms with Crippen molar-refractivity contribution in [2.24, 2.45) is 0 Å². The van der Waals surface area contributed by atoms with Crippen LogP contribution >= 0.6 is 0 Å². The molecule has 0 bridgehead atoms. The van der Waals surface area contributed by atoms with Gasteiger partial charge >= 0.3 is 0 Å². The molecule has 124 valence electrons. The van der Waals surface area contributed by atoms with Crippen molar-refractivity contribution in [2.75, 3.05) is 0 Å². The Balaban J connectivity index is 1.82. The van der Waals surface area contributed by atoms with Gasteiger partial charge in [-0.3, -0.25) is 4.90 Å². The monoisotopic (exact) mass is 326 g/mol. The number of nitrogens with zero attached hydrogens (tertiary/aromatic N) is 2. The van der Waals surface area contributed by atoms with Crippen molar-refractivity contribution in [3.63, 3.8) is 0 Å². The molecule has 0 N–H and O–H groups in total. The molecule has 0 aromatic heterocycles. The molecule has 0 saturated carbocycles. The van der Waals surface area contributed by atoms with Crippen LogP contribution in [0.5, 0.6) is 0 Å². The molecule has 0 radical (unpaired) electrons. The lowest BCUT2D eigenvalue weighted by molar-refractivity contribution is 0.247. The predicted molar refractivity (Wildman–Crippen MR) is 102 cm³/mol. The second kappa shape index (κ2) is 8.82. The normalized spacial score (nSPS) is 10.6. The summed E-state index contributed by atoms with van der Waals surface area (Å²) in [6.45, 7) is 2.61. The van der Waals surface area contributed by atoms with Gasteiger partial charge in [0, 0.05) is 19.6 Å². The van der Waals surface area contributed by atoms with Crippen LogP contribution in [0, 0.1) is 11.3 Å². The Morgan fingerprint density at radius 3 is 1.60 bits per heavy atom. The molecule has 0 atom stereocenters. The molecule has 0 aliphatic rings. The third-order valence-corrected chi connectivity index (χ3v) is 4.28. The molecule has 0 fully saturated rings. The van der Waals surface area contributed by atoms with Gasteiger partial charge in [-0.2, -0.15) is 5.26 Å². The van der Waals surface area contributed by atoms with Crippen molar-refractivity contribution in [3.05, 3.63) is 107 Å². The molecule has 0 unspecified atom stereocenters. The molecule has 3 rings (SSSR count). The van der Waals surface area contributed by atoms with E-state index in [0.29, 0.717) is 6.42 Å². The van der Waals surface area contributed by atoms with Crippen LogP contribution in [-0.2, 0) is 26.1 Å². The van der Waals surface area contributed by atoms with Crippen LogP contribution in [0.15, 0.2) is 84.9 Å². The summed E-state index contributed by atoms with van der Waals surface area (Å²) in [4.78, 5) is 2.43. The van der Waals surface area contributed by atoms with E-state index >= 15 is 0 Å². The summed E-state index contributed by atoms with van der Waals surface area (Å²) in [5, 5.41) is 9.09. The molecule has 0 saturated heterocycles. The van der Waals surface area contributed by atoms with Gasteiger partial charge in [-0.25, -0.2) is 0 Å². The minimum absolute atomic E-state index is 0.459. The van der Waals surface area contributed by atoms with Crippen molar-refractivity contribution >= 4 is 0 Å². The van der Waals surface area contributed by atoms with E-state index in [1.54, 1.807) is 0 Å². The van der Waals surface area contributed by atoms with E-state index < -0.39 is 0 Å². The second-order valence-electron chi connectivity index (χ2n) is 6.22. The summed E-state index contributed by atoms with van der Waals surface area (Å²) >= 11 is 0. The molecule has 25 heavy (non-hydrogen) atoms. The smallest absolute Gasteiger partial charge is 0.0669 e. The fraction of sp³-hybridized carbons (Fsp3) is 0.174. The Morgan fingerprint density at radius 2 is 1.08 bits per heavy atom. The number of hydrogen-bond acceptors (Lipinski definition) is 2. The molecular weight excluding hydrogens is 304 g/mol. The first kappa shape index (κ1) is 17.0. The van der Waals surface area contributed by atoms with Crippen molar-refractivity contribution in [3.8, 4) is 6.07 Å². The summed E-state index contributed by atoms with van der Waals surface area (Å²) < 4.78 is 0. The average molecular weight is 326 g/mol. The summed E-state index contributed by atoms with van der Waals surface area (Å²) in [5.74, 6) is 0. The van der Waals surface area contributed by atoms with Gasteiger partial charge in [0.2, 0.25) is 0 Å². The van der Waals surface area contributed by atoms with Crippen molar-refractivity contribution < 1.29 is 0 Å². The van der Waals surface area contributed by atoms with Crippen LogP contribution in [-0.4, -0.2) is 4.90 Å². The average Bonchev–Trinajstić information content (AvgIpc) is 2.65. The minimum atomic E-state index is 0.459. The Labute approximate surface area is 150 Å². The zero-order valence-corrected chi connectivity index (χ0v) is 14.3. The first-order valence-electron chi connectivity index (χ1n) is 8.59. The standard InChI is InChI=1S/C23H22N2/c24-16-15-22-13-7-8-14-23(22)19-25(17-20-9-3-1-4-10-20)18-21-11-5-2-6-12-21/h1-14H,15,17-19H2. The van der Waals surface area contributed by atoms with E-state index in [2.05, 4.69) is 77.7 Å². The maximum Gasteiger partial charge on any atom is 0.0669 e. The molecule has 2 nitrogen and oxygen atoms in total. The third kappa shape index (κ3) is 5.04. The van der Waals surface area contributed by atoms with E-state index in [1.807, 2.05) is 18.2 Å². The molecule has 0 spiro atoms. The Hall–Kier alpha value is -2.89. The van der Waals surface area contributed by atoms with Gasteiger partial charge in [0.05, 0.1) is 12.5 Å². The predicted octanol–water partition coefficient (Wildman–Crippen LogP) is 4.96. The molecule has 2 heteroatoms. The SMILES string of the molecule is N#CCc1ccccc1CN(Cc1ccccc1)Cc1ccccc1. The van der Waals surface area contributed by atoms with Crippen molar-refractivity contribution in [1.82, 2.24) is 4.90 Å². The van der Waals surface area contributed by atoms with E-state index in [1.165, 1.54) is 16.7 Å². The lowest BCUT2D eigenvalue weighted by Crippen LogP contribution is -2.23. The molecule has 3 aromatic rings. The lowest BCUT2D eigenvalue weighted by atomic mass is 10.0. The van der Waals surface area contributed by atoms with Crippen LogP contribution in [0.25, 0.3) is 0 Å². The van der Waals surface area contributed by atoms with Crippen molar-refractivity contribution in [2.45, 2.75) is 26.1 Å². The molecule has 0 aliphatic carbocycles. The van der Waals surface area contributed by atoms with Crippen LogP contribution in [0.3, 0.4) is 0 Å². The zero-order chi connectivity index (χ0) is 17.3. The Bertz CT molecular complexity index is 778. The first-order chi connectivity index (χ1) is 12.3. The third-order valence-electron chi connectivity index (χ3n) is 4.28. The van der Waals surface area contributed by atoms with E-state index in [-0.39, 0.29) is 0 Å². The number of hydrogen-bond donors (Lipinski definition) is 0. The van der Waals surface area contributed by atoms with Gasteiger partial charge in [0.25, 0.3) is 0 Å². The van der Waals surface area contributed by atoms with Crippen LogP contribution in [0.2, 0.25) is 0 Å². The summed E-state index contributed by atoms with van der Waals surface area (Å²) in [5.41, 5.74) is 4.96. The van der Waals surface area contributed by atoms with Crippen LogP contribution in [0.1, 0.15) is 22.3 Å². The molecule has 0 amide bonds. The first-order valence-corrected chi connectivity index (χ1v) is 8.59. The lowest BCUT2D eigenvalue weighted by Gasteiger charge is -2.24. The Morgan fingerprint density at radius 1 is 0.600 bits per heavy atom. The number of rotatable bonds is 7. The fourth-order valence-electron chi connectivity index (χ4n) is 3.06. The van der Waals surface area contributed by atoms with Crippen molar-refractivity contribution in [1.29, 1.82) is 5.26 Å². The highest BCUT2D eigenvalue weighted by Crippen LogP contribution is 2.17. The van der Waals surface area contributed by atoms with Gasteiger partial charge in [0.1, 0.15) is 0 Å². The van der Waals surface area contributed by atoms with Crippen LogP contribution < -0.4 is 0 Å². The topological polar surface area (TPSA) is 27.0 Å². The van der Waals surface area contributed by atoms with Gasteiger partial charge in [-0.1, -0.05) is 84.9 Å². The highest BCUT2D eigenvalue weighted by Gasteiger charge is 2.11. The second-order valence-corrected chi connectivity index (χ2v) is 6.22. The van der Waals surface area contributed by atoms with E-state index in [4.69, 9.17) is 5.26 Å². The summed E-state index contributed by atoms with van der Waals surface area (Å²) in [7, 11) is 0. The largest absolute Gasteiger partial charge is 0.291 e. The molecule has 3 aromatic carbocycles. The van der Waals surface area contributed by atoms with Gasteiger partial charge in [0.15, 0.2) is 0 Å². The minimum Gasteiger partial charge on any atom is -0.291 e. The van der Waals surface area contributed by atoms with Crippen LogP contribution in [0.4, 0.5) is 0 Å². The number of benzene rings is 3. The maximum absolute atomic E-state index is 9.09. The van der Waals surface area contributed by atoms with Gasteiger partial charge in [-0.15, -0.1) is 0 Å². The highest BCUT2D eigenvalue weighted by atomic mass is 15.1. The fourth-order valence-corrected chi connectivity index (χ4v) is 3.06. The van der Waals surface area contributed by atoms with Gasteiger partial charge < -0.3 is 0 Å². The maximum atomic E-state index is 9.09. The number of nitriles is 1. The molecule has 0 aliphatic heterocycles. The molecule has 0 heterocycles. The highest BCUT2D eigenvalue weighted by molar-refractivity contribution is 5.29. The van der Waals surface area contributed by atoms with E-state index in [0.717, 1.165) is 25.2 Å². The quantitative estimate of drug-likeness (QED) is 0.614. The summed E-state index contributed by atoms with van der Waals surface area (Å²) in [6, 6.07) is 31.6. The molecular formula is C23H22N2. The Kier molecular flexibility index (Phi) is 5.98. The summed E-state index contributed by atoms with van der Waals surface area (Å²) in [6.07, 6.45) is 0.459. The zero-order valence-electron chi connectivity index (χ0n) is 14.3. The van der Waals surface area contributed by atoms with E-state index in [9.17, 15) is 0 Å². The van der Waals surface area contributed by atoms with Gasteiger partial charge in [-0.05, 0) is 22.3 Å².